The highest BCUT2D eigenvalue weighted by atomic mass is 16.5. The molecule has 1 atom stereocenters. The van der Waals surface area contributed by atoms with Gasteiger partial charge in [0.1, 0.15) is 11.5 Å². The molecule has 1 heteroatoms. The average molecular weight is 749 g/mol. The molecule has 0 aromatic heterocycles. The van der Waals surface area contributed by atoms with Crippen LogP contribution in [0, 0.1) is 0 Å². The van der Waals surface area contributed by atoms with Gasteiger partial charge in [0, 0.05) is 16.5 Å². The Morgan fingerprint density at radius 1 is 0.288 bits per heavy atom. The summed E-state index contributed by atoms with van der Waals surface area (Å²) < 4.78 is 7.04. The van der Waals surface area contributed by atoms with Crippen molar-refractivity contribution in [3.8, 4) is 44.9 Å². The van der Waals surface area contributed by atoms with E-state index in [-0.39, 0.29) is 0 Å². The Labute approximate surface area is 343 Å². The summed E-state index contributed by atoms with van der Waals surface area (Å²) in [4.78, 5) is 0. The highest BCUT2D eigenvalue weighted by molar-refractivity contribution is 5.98. The van der Waals surface area contributed by atoms with Gasteiger partial charge < -0.3 is 4.74 Å². The lowest BCUT2D eigenvalue weighted by atomic mass is 9.65. The summed E-state index contributed by atoms with van der Waals surface area (Å²) in [5.74, 6) is 1.84. The summed E-state index contributed by atoms with van der Waals surface area (Å²) in [5.41, 5.74) is 16.6. The van der Waals surface area contributed by atoms with Gasteiger partial charge >= 0.3 is 0 Å². The van der Waals surface area contributed by atoms with Crippen LogP contribution in [0.2, 0.25) is 0 Å². The van der Waals surface area contributed by atoms with Gasteiger partial charge in [-0.15, -0.1) is 0 Å². The Balaban J connectivity index is 1.03. The van der Waals surface area contributed by atoms with Crippen molar-refractivity contribution in [2.75, 3.05) is 0 Å². The second-order valence-electron chi connectivity index (χ2n) is 16.3. The van der Waals surface area contributed by atoms with Crippen LogP contribution < -0.4 is 4.74 Å². The maximum absolute atomic E-state index is 7.04. The summed E-state index contributed by atoms with van der Waals surface area (Å²) in [5, 5.41) is 4.82. The van der Waals surface area contributed by atoms with Crippen molar-refractivity contribution in [2.45, 2.75) is 10.8 Å². The topological polar surface area (TPSA) is 9.23 Å². The van der Waals surface area contributed by atoms with Gasteiger partial charge in [-0.2, -0.15) is 0 Å². The fourth-order valence-electron chi connectivity index (χ4n) is 11.2. The number of benzene rings is 10. The van der Waals surface area contributed by atoms with E-state index in [2.05, 4.69) is 218 Å². The minimum absolute atomic E-state index is 0.479. The van der Waals surface area contributed by atoms with E-state index in [1.165, 1.54) is 88.5 Å². The standard InChI is InChI=1S/C58H36O/c1-2-17-42(18-3-1)57(49-23-11-10-22-47(49)48-34-39-15-4-5-16-40(39)35-53(48)57)43-30-26-37(27-31-43)41-29-33-55-54(36-41)58(52-32-28-38-14-6-7-19-44(38)56(52)59-55)50-24-12-8-20-45(50)46-21-9-13-25-51(46)58/h1-36H. The van der Waals surface area contributed by atoms with Gasteiger partial charge in [-0.05, 0) is 107 Å². The minimum atomic E-state index is -0.548. The summed E-state index contributed by atoms with van der Waals surface area (Å²) >= 11 is 0. The molecule has 1 nitrogen and oxygen atoms in total. The van der Waals surface area contributed by atoms with Crippen LogP contribution in [0.5, 0.6) is 11.5 Å². The van der Waals surface area contributed by atoms with E-state index in [1.54, 1.807) is 0 Å². The summed E-state index contributed by atoms with van der Waals surface area (Å²) in [7, 11) is 0. The Bertz CT molecular complexity index is 3310. The molecule has 10 aromatic carbocycles. The second-order valence-corrected chi connectivity index (χ2v) is 16.3. The quantitative estimate of drug-likeness (QED) is 0.175. The number of ether oxygens (including phenoxy) is 1. The first-order chi connectivity index (χ1) is 29.2. The maximum atomic E-state index is 7.04. The van der Waals surface area contributed by atoms with E-state index in [9.17, 15) is 0 Å². The molecule has 10 aromatic rings. The average Bonchev–Trinajstić information content (AvgIpc) is 3.76. The lowest BCUT2D eigenvalue weighted by molar-refractivity contribution is 0.442. The molecule has 2 aliphatic carbocycles. The fraction of sp³-hybridized carbons (Fsp3) is 0.0345. The summed E-state index contributed by atoms with van der Waals surface area (Å²) in [6, 6.07) is 81.0. The van der Waals surface area contributed by atoms with E-state index < -0.39 is 10.8 Å². The fourth-order valence-corrected chi connectivity index (χ4v) is 11.2. The Morgan fingerprint density at radius 3 is 1.54 bits per heavy atom. The number of hydrogen-bond acceptors (Lipinski definition) is 1. The van der Waals surface area contributed by atoms with E-state index in [4.69, 9.17) is 4.74 Å². The molecule has 3 aliphatic rings. The Hall–Kier alpha value is -7.48. The van der Waals surface area contributed by atoms with Gasteiger partial charge in [-0.3, -0.25) is 0 Å². The van der Waals surface area contributed by atoms with Crippen LogP contribution in [-0.4, -0.2) is 0 Å². The number of fused-ring (bicyclic) bond motifs is 15. The monoisotopic (exact) mass is 748 g/mol. The third kappa shape index (κ3) is 4.24. The first-order valence-corrected chi connectivity index (χ1v) is 20.6. The van der Waals surface area contributed by atoms with Crippen LogP contribution in [0.3, 0.4) is 0 Å². The molecule has 0 bridgehead atoms. The van der Waals surface area contributed by atoms with E-state index >= 15 is 0 Å². The van der Waals surface area contributed by atoms with Crippen LogP contribution in [0.1, 0.15) is 44.5 Å². The molecular weight excluding hydrogens is 713 g/mol. The normalized spacial score (nSPS) is 16.1. The van der Waals surface area contributed by atoms with E-state index in [0.717, 1.165) is 22.4 Å². The zero-order valence-corrected chi connectivity index (χ0v) is 32.2. The Morgan fingerprint density at radius 2 is 0.831 bits per heavy atom. The highest BCUT2D eigenvalue weighted by Crippen LogP contribution is 2.63. The third-order valence-corrected chi connectivity index (χ3v) is 13.6. The molecule has 59 heavy (non-hydrogen) atoms. The van der Waals surface area contributed by atoms with Gasteiger partial charge in [-0.25, -0.2) is 0 Å². The van der Waals surface area contributed by atoms with Crippen LogP contribution >= 0.6 is 0 Å². The van der Waals surface area contributed by atoms with Crippen molar-refractivity contribution in [1.29, 1.82) is 0 Å². The third-order valence-electron chi connectivity index (χ3n) is 13.6. The molecule has 1 spiro atoms. The molecule has 0 fully saturated rings. The molecular formula is C58H36O. The van der Waals surface area contributed by atoms with Crippen molar-refractivity contribution < 1.29 is 4.74 Å². The van der Waals surface area contributed by atoms with Crippen molar-refractivity contribution in [3.63, 3.8) is 0 Å². The number of hydrogen-bond donors (Lipinski definition) is 0. The lowest BCUT2D eigenvalue weighted by Crippen LogP contribution is -2.32. The Kier molecular flexibility index (Phi) is 6.64. The van der Waals surface area contributed by atoms with Crippen LogP contribution in [-0.2, 0) is 10.8 Å². The molecule has 0 saturated carbocycles. The molecule has 1 aliphatic heterocycles. The van der Waals surface area contributed by atoms with E-state index in [0.29, 0.717) is 0 Å². The van der Waals surface area contributed by atoms with Gasteiger partial charge in [-0.1, -0.05) is 194 Å². The zero-order valence-electron chi connectivity index (χ0n) is 32.2. The second kappa shape index (κ2) is 12.0. The zero-order chi connectivity index (χ0) is 38.7. The van der Waals surface area contributed by atoms with Gasteiger partial charge in [0.05, 0.1) is 10.8 Å². The highest BCUT2D eigenvalue weighted by Gasteiger charge is 2.51. The van der Waals surface area contributed by atoms with Crippen molar-refractivity contribution in [2.24, 2.45) is 0 Å². The number of rotatable bonds is 3. The first-order valence-electron chi connectivity index (χ1n) is 20.6. The van der Waals surface area contributed by atoms with Crippen LogP contribution in [0.15, 0.2) is 218 Å². The predicted octanol–water partition coefficient (Wildman–Crippen LogP) is 14.5. The smallest absolute Gasteiger partial charge is 0.140 e. The molecule has 1 heterocycles. The van der Waals surface area contributed by atoms with Crippen molar-refractivity contribution in [3.05, 3.63) is 263 Å². The van der Waals surface area contributed by atoms with Crippen LogP contribution in [0.25, 0.3) is 54.9 Å². The van der Waals surface area contributed by atoms with Gasteiger partial charge in [0.25, 0.3) is 0 Å². The lowest BCUT2D eigenvalue weighted by Gasteiger charge is -2.40. The molecule has 1 unspecified atom stereocenters. The van der Waals surface area contributed by atoms with Gasteiger partial charge in [0.15, 0.2) is 0 Å². The molecule has 0 amide bonds. The molecule has 0 N–H and O–H groups in total. The minimum Gasteiger partial charge on any atom is -0.456 e. The predicted molar refractivity (Wildman–Crippen MR) is 242 cm³/mol. The summed E-state index contributed by atoms with van der Waals surface area (Å²) in [6.45, 7) is 0. The van der Waals surface area contributed by atoms with Crippen LogP contribution in [0.4, 0.5) is 0 Å². The molecule has 0 saturated heterocycles. The maximum Gasteiger partial charge on any atom is 0.140 e. The molecule has 13 rings (SSSR count). The van der Waals surface area contributed by atoms with Crippen molar-refractivity contribution >= 4 is 21.5 Å². The van der Waals surface area contributed by atoms with Gasteiger partial charge in [0.2, 0.25) is 0 Å². The molecule has 0 radical (unpaired) electrons. The first kappa shape index (κ1) is 32.6. The SMILES string of the molecule is c1ccc(C2(c3ccc(-c4ccc5c(c4)C4(c6ccccc6-c6ccccc64)c4ccc6ccccc6c4O5)cc3)c3ccccc3-c3cc4ccccc4cc32)cc1. The molecule has 274 valence electrons. The summed E-state index contributed by atoms with van der Waals surface area (Å²) in [6.07, 6.45) is 0. The largest absolute Gasteiger partial charge is 0.456 e. The van der Waals surface area contributed by atoms with Crippen molar-refractivity contribution in [1.82, 2.24) is 0 Å². The van der Waals surface area contributed by atoms with E-state index in [1.807, 2.05) is 0 Å².